The number of rotatable bonds is 1. The lowest BCUT2D eigenvalue weighted by molar-refractivity contribution is 0.0602. The SMILES string of the molecule is COC(=O)c1cc(=O)oc2cc3c(cc12)CCCN3C. The van der Waals surface area contributed by atoms with Gasteiger partial charge in [0.2, 0.25) is 0 Å². The number of esters is 1. The number of carbonyl (C=O) groups excluding carboxylic acids is 1. The maximum Gasteiger partial charge on any atom is 0.338 e. The summed E-state index contributed by atoms with van der Waals surface area (Å²) in [5.41, 5.74) is 2.34. The van der Waals surface area contributed by atoms with Crippen LogP contribution in [0.25, 0.3) is 11.0 Å². The van der Waals surface area contributed by atoms with Crippen LogP contribution in [-0.4, -0.2) is 26.7 Å². The molecule has 0 unspecified atom stereocenters. The van der Waals surface area contributed by atoms with E-state index in [4.69, 9.17) is 9.15 Å². The largest absolute Gasteiger partial charge is 0.465 e. The number of methoxy groups -OCH3 is 1. The summed E-state index contributed by atoms with van der Waals surface area (Å²) >= 11 is 0. The van der Waals surface area contributed by atoms with Gasteiger partial charge in [0, 0.05) is 36.8 Å². The number of anilines is 1. The van der Waals surface area contributed by atoms with Crippen molar-refractivity contribution < 1.29 is 13.9 Å². The molecular formula is C15H15NO4. The molecule has 3 rings (SSSR count). The van der Waals surface area contributed by atoms with E-state index in [1.165, 1.54) is 13.2 Å². The summed E-state index contributed by atoms with van der Waals surface area (Å²) in [5, 5.41) is 0.630. The highest BCUT2D eigenvalue weighted by atomic mass is 16.5. The smallest absolute Gasteiger partial charge is 0.338 e. The van der Waals surface area contributed by atoms with Crippen molar-refractivity contribution in [3.8, 4) is 0 Å². The standard InChI is InChI=1S/C15H15NO4/c1-16-5-3-4-9-6-10-11(15(18)19-2)7-14(17)20-13(10)8-12(9)16/h6-8H,3-5H2,1-2H3. The van der Waals surface area contributed by atoms with Gasteiger partial charge >= 0.3 is 11.6 Å². The number of aryl methyl sites for hydroxylation is 1. The minimum atomic E-state index is -0.545. The van der Waals surface area contributed by atoms with E-state index >= 15 is 0 Å². The summed E-state index contributed by atoms with van der Waals surface area (Å²) in [4.78, 5) is 25.5. The van der Waals surface area contributed by atoms with Crippen molar-refractivity contribution in [2.45, 2.75) is 12.8 Å². The zero-order valence-electron chi connectivity index (χ0n) is 11.4. The lowest BCUT2D eigenvalue weighted by Crippen LogP contribution is -2.24. The topological polar surface area (TPSA) is 59.8 Å². The van der Waals surface area contributed by atoms with Crippen molar-refractivity contribution in [3.63, 3.8) is 0 Å². The van der Waals surface area contributed by atoms with E-state index in [-0.39, 0.29) is 5.56 Å². The third-order valence-electron chi connectivity index (χ3n) is 3.70. The molecular weight excluding hydrogens is 258 g/mol. The molecule has 20 heavy (non-hydrogen) atoms. The molecule has 1 aliphatic heterocycles. The van der Waals surface area contributed by atoms with Gasteiger partial charge in [-0.2, -0.15) is 0 Å². The molecule has 0 fully saturated rings. The molecule has 0 N–H and O–H groups in total. The Kier molecular flexibility index (Phi) is 2.97. The summed E-state index contributed by atoms with van der Waals surface area (Å²) < 4.78 is 9.96. The predicted molar refractivity (Wildman–Crippen MR) is 75.4 cm³/mol. The molecule has 2 aromatic rings. The molecule has 0 radical (unpaired) electrons. The van der Waals surface area contributed by atoms with Crippen molar-refractivity contribution in [2.75, 3.05) is 25.6 Å². The summed E-state index contributed by atoms with van der Waals surface area (Å²) in [6.45, 7) is 0.972. The lowest BCUT2D eigenvalue weighted by atomic mass is 9.98. The first-order valence-corrected chi connectivity index (χ1v) is 6.50. The molecule has 1 aromatic carbocycles. The van der Waals surface area contributed by atoms with Crippen LogP contribution >= 0.6 is 0 Å². The minimum Gasteiger partial charge on any atom is -0.465 e. The number of hydrogen-bond donors (Lipinski definition) is 0. The number of carbonyl (C=O) groups is 1. The second-order valence-electron chi connectivity index (χ2n) is 4.97. The molecule has 1 aliphatic rings. The quantitative estimate of drug-likeness (QED) is 0.587. The van der Waals surface area contributed by atoms with Gasteiger partial charge in [-0.15, -0.1) is 0 Å². The Hall–Kier alpha value is -2.30. The van der Waals surface area contributed by atoms with Crippen LogP contribution in [0.1, 0.15) is 22.3 Å². The van der Waals surface area contributed by atoms with Crippen LogP contribution in [0.5, 0.6) is 0 Å². The van der Waals surface area contributed by atoms with E-state index in [2.05, 4.69) is 4.90 Å². The summed E-state index contributed by atoms with van der Waals surface area (Å²) in [7, 11) is 3.31. The van der Waals surface area contributed by atoms with Crippen molar-refractivity contribution >= 4 is 22.6 Å². The van der Waals surface area contributed by atoms with E-state index < -0.39 is 11.6 Å². The maximum absolute atomic E-state index is 11.8. The van der Waals surface area contributed by atoms with E-state index in [0.717, 1.165) is 30.6 Å². The van der Waals surface area contributed by atoms with Crippen LogP contribution in [0, 0.1) is 0 Å². The average molecular weight is 273 g/mol. The fourth-order valence-corrected chi connectivity index (χ4v) is 2.70. The first-order chi connectivity index (χ1) is 9.60. The zero-order chi connectivity index (χ0) is 14.3. The Morgan fingerprint density at radius 1 is 1.35 bits per heavy atom. The molecule has 2 heterocycles. The van der Waals surface area contributed by atoms with Gasteiger partial charge in [-0.1, -0.05) is 0 Å². The Balaban J connectivity index is 2.32. The molecule has 1 aromatic heterocycles. The average Bonchev–Trinajstić information content (AvgIpc) is 2.44. The van der Waals surface area contributed by atoms with Crippen molar-refractivity contribution in [1.29, 1.82) is 0 Å². The summed E-state index contributed by atoms with van der Waals surface area (Å²) in [6, 6.07) is 4.94. The highest BCUT2D eigenvalue weighted by Gasteiger charge is 2.19. The van der Waals surface area contributed by atoms with Gasteiger partial charge in [-0.05, 0) is 24.5 Å². The highest BCUT2D eigenvalue weighted by Crippen LogP contribution is 2.31. The van der Waals surface area contributed by atoms with Crippen LogP contribution in [-0.2, 0) is 11.2 Å². The number of nitrogens with zero attached hydrogens (tertiary/aromatic N) is 1. The number of hydrogen-bond acceptors (Lipinski definition) is 5. The molecule has 104 valence electrons. The van der Waals surface area contributed by atoms with Crippen molar-refractivity contribution in [3.05, 3.63) is 39.7 Å². The predicted octanol–water partition coefficient (Wildman–Crippen LogP) is 1.96. The molecule has 0 amide bonds. The first-order valence-electron chi connectivity index (χ1n) is 6.50. The fourth-order valence-electron chi connectivity index (χ4n) is 2.70. The van der Waals surface area contributed by atoms with Crippen LogP contribution in [0.4, 0.5) is 5.69 Å². The normalized spacial score (nSPS) is 14.2. The third kappa shape index (κ3) is 1.95. The van der Waals surface area contributed by atoms with Gasteiger partial charge in [0.05, 0.1) is 12.7 Å². The Morgan fingerprint density at radius 3 is 2.90 bits per heavy atom. The highest BCUT2D eigenvalue weighted by molar-refractivity contribution is 6.03. The molecule has 0 atom stereocenters. The van der Waals surface area contributed by atoms with Gasteiger partial charge in [-0.3, -0.25) is 0 Å². The Morgan fingerprint density at radius 2 is 2.15 bits per heavy atom. The first kappa shape index (κ1) is 12.7. The zero-order valence-corrected chi connectivity index (χ0v) is 11.4. The van der Waals surface area contributed by atoms with Crippen molar-refractivity contribution in [1.82, 2.24) is 0 Å². The summed E-state index contributed by atoms with van der Waals surface area (Å²) in [6.07, 6.45) is 2.02. The minimum absolute atomic E-state index is 0.259. The lowest BCUT2D eigenvalue weighted by Gasteiger charge is -2.27. The maximum atomic E-state index is 11.8. The molecule has 5 heteroatoms. The number of fused-ring (bicyclic) bond motifs is 2. The molecule has 0 saturated carbocycles. The molecule has 0 saturated heterocycles. The van der Waals surface area contributed by atoms with Gasteiger partial charge in [0.15, 0.2) is 0 Å². The van der Waals surface area contributed by atoms with Gasteiger partial charge in [0.1, 0.15) is 5.58 Å². The van der Waals surface area contributed by atoms with E-state index in [0.29, 0.717) is 11.0 Å². The number of benzene rings is 1. The molecule has 0 aliphatic carbocycles. The van der Waals surface area contributed by atoms with E-state index in [1.54, 1.807) is 0 Å². The van der Waals surface area contributed by atoms with Crippen LogP contribution < -0.4 is 10.5 Å². The third-order valence-corrected chi connectivity index (χ3v) is 3.70. The summed E-state index contributed by atoms with van der Waals surface area (Å²) in [5.74, 6) is -0.521. The number of ether oxygens (including phenoxy) is 1. The molecule has 5 nitrogen and oxygen atoms in total. The van der Waals surface area contributed by atoms with E-state index in [9.17, 15) is 9.59 Å². The Labute approximate surface area is 115 Å². The molecule has 0 spiro atoms. The van der Waals surface area contributed by atoms with Crippen LogP contribution in [0.2, 0.25) is 0 Å². The Bertz CT molecular complexity index is 747. The molecule has 0 bridgehead atoms. The second-order valence-corrected chi connectivity index (χ2v) is 4.97. The van der Waals surface area contributed by atoms with Crippen LogP contribution in [0.3, 0.4) is 0 Å². The van der Waals surface area contributed by atoms with Gasteiger partial charge in [-0.25, -0.2) is 9.59 Å². The van der Waals surface area contributed by atoms with Gasteiger partial charge in [0.25, 0.3) is 0 Å². The second kappa shape index (κ2) is 4.67. The fraction of sp³-hybridized carbons (Fsp3) is 0.333. The van der Waals surface area contributed by atoms with Crippen LogP contribution in [0.15, 0.2) is 27.4 Å². The van der Waals surface area contributed by atoms with Gasteiger partial charge < -0.3 is 14.1 Å². The van der Waals surface area contributed by atoms with Crippen molar-refractivity contribution in [2.24, 2.45) is 0 Å². The van der Waals surface area contributed by atoms with E-state index in [1.807, 2.05) is 19.2 Å². The monoisotopic (exact) mass is 273 g/mol.